The fourth-order valence-corrected chi connectivity index (χ4v) is 8.62. The third-order valence-electron chi connectivity index (χ3n) is 10.00. The standard InChI is InChI=1S/C35H18B2N2O/c40-35-38-28-13-5-9-22-20-7-1-3-11-24(20)36(31(22)28)26-17-15-19-16-18-27-34(30(19)33(26)38)39(35)29-14-6-10-23-21-8-2-4-12-25(21)37(27)32(23)29/h1-18H. The van der Waals surface area contributed by atoms with Gasteiger partial charge in [0.25, 0.3) is 0 Å². The monoisotopic (exact) mass is 504 g/mol. The maximum atomic E-state index is 15.0. The highest BCUT2D eigenvalue weighted by Gasteiger charge is 2.51. The van der Waals surface area contributed by atoms with Gasteiger partial charge in [0.2, 0.25) is 13.4 Å². The Balaban J connectivity index is 1.32. The van der Waals surface area contributed by atoms with Gasteiger partial charge in [-0.3, -0.25) is 9.80 Å². The number of carbonyl (C=O) groups excluding carboxylic acids is 1. The molecule has 0 aromatic heterocycles. The van der Waals surface area contributed by atoms with Gasteiger partial charge in [0.1, 0.15) is 0 Å². The van der Waals surface area contributed by atoms with Crippen LogP contribution in [0.5, 0.6) is 0 Å². The van der Waals surface area contributed by atoms with E-state index in [9.17, 15) is 4.79 Å². The zero-order valence-electron chi connectivity index (χ0n) is 21.3. The van der Waals surface area contributed by atoms with Crippen LogP contribution < -0.4 is 42.6 Å². The molecular formula is C35H18B2N2O. The molecule has 0 N–H and O–H groups in total. The first-order chi connectivity index (χ1) is 19.8. The van der Waals surface area contributed by atoms with Crippen LogP contribution in [0.3, 0.4) is 0 Å². The molecule has 6 aromatic carbocycles. The summed E-state index contributed by atoms with van der Waals surface area (Å²) in [6.45, 7) is 0.255. The molecule has 0 radical (unpaired) electrons. The van der Waals surface area contributed by atoms with Crippen molar-refractivity contribution in [1.29, 1.82) is 0 Å². The number of urea groups is 1. The molecule has 2 amide bonds. The second kappa shape index (κ2) is 6.40. The van der Waals surface area contributed by atoms with Gasteiger partial charge in [-0.1, -0.05) is 108 Å². The Morgan fingerprint density at radius 2 is 0.925 bits per heavy atom. The maximum Gasteiger partial charge on any atom is 0.338 e. The molecule has 5 heterocycles. The minimum atomic E-state index is 0.0133. The molecule has 0 spiro atoms. The molecule has 0 aliphatic carbocycles. The zero-order valence-corrected chi connectivity index (χ0v) is 21.3. The molecule has 3 nitrogen and oxygen atoms in total. The average Bonchev–Trinajstić information content (AvgIpc) is 3.52. The van der Waals surface area contributed by atoms with Gasteiger partial charge in [0, 0.05) is 16.8 Å². The van der Waals surface area contributed by atoms with Gasteiger partial charge in [-0.05, 0) is 61.6 Å². The molecule has 0 saturated carbocycles. The van der Waals surface area contributed by atoms with Crippen LogP contribution in [0.4, 0.5) is 27.5 Å². The summed E-state index contributed by atoms with van der Waals surface area (Å²) in [5.74, 6) is 0. The highest BCUT2D eigenvalue weighted by atomic mass is 16.2. The molecule has 11 rings (SSSR count). The lowest BCUT2D eigenvalue weighted by molar-refractivity contribution is 0.255. The Morgan fingerprint density at radius 1 is 0.450 bits per heavy atom. The van der Waals surface area contributed by atoms with E-state index in [0.717, 1.165) is 22.7 Å². The van der Waals surface area contributed by atoms with E-state index < -0.39 is 0 Å². The van der Waals surface area contributed by atoms with E-state index in [1.54, 1.807) is 0 Å². The number of hydrogen-bond acceptors (Lipinski definition) is 1. The fourth-order valence-electron chi connectivity index (χ4n) is 8.62. The molecule has 5 aliphatic rings. The molecule has 40 heavy (non-hydrogen) atoms. The first-order valence-corrected chi connectivity index (χ1v) is 14.0. The van der Waals surface area contributed by atoms with Crippen molar-refractivity contribution in [1.82, 2.24) is 0 Å². The smallest absolute Gasteiger partial charge is 0.263 e. The Morgan fingerprint density at radius 3 is 1.45 bits per heavy atom. The number of nitrogens with zero attached hydrogens (tertiary/aromatic N) is 2. The summed E-state index contributed by atoms with van der Waals surface area (Å²) in [7, 11) is 0. The predicted octanol–water partition coefficient (Wildman–Crippen LogP) is 3.87. The summed E-state index contributed by atoms with van der Waals surface area (Å²) in [6.07, 6.45) is 0. The van der Waals surface area contributed by atoms with Crippen molar-refractivity contribution in [2.45, 2.75) is 0 Å². The van der Waals surface area contributed by atoms with Gasteiger partial charge in [-0.2, -0.15) is 0 Å². The van der Waals surface area contributed by atoms with Gasteiger partial charge in [-0.25, -0.2) is 4.79 Å². The van der Waals surface area contributed by atoms with Gasteiger partial charge >= 0.3 is 6.03 Å². The second-order valence-electron chi connectivity index (χ2n) is 11.6. The number of fused-ring (bicyclic) bond motifs is 10. The molecule has 180 valence electrons. The quantitative estimate of drug-likeness (QED) is 0.288. The fraction of sp³-hybridized carbons (Fsp3) is 0. The molecular weight excluding hydrogens is 486 g/mol. The topological polar surface area (TPSA) is 23.6 Å². The van der Waals surface area contributed by atoms with Crippen molar-refractivity contribution in [3.8, 4) is 22.3 Å². The zero-order chi connectivity index (χ0) is 25.9. The van der Waals surface area contributed by atoms with Gasteiger partial charge in [0.15, 0.2) is 0 Å². The Labute approximate surface area is 231 Å². The number of anilines is 4. The van der Waals surface area contributed by atoms with Crippen molar-refractivity contribution in [2.24, 2.45) is 0 Å². The summed E-state index contributed by atoms with van der Waals surface area (Å²) >= 11 is 0. The number of hydrogen-bond donors (Lipinski definition) is 0. The van der Waals surface area contributed by atoms with Gasteiger partial charge in [0.05, 0.1) is 11.4 Å². The van der Waals surface area contributed by atoms with E-state index in [-0.39, 0.29) is 19.5 Å². The Hall–Kier alpha value is -5.02. The molecule has 0 saturated heterocycles. The van der Waals surface area contributed by atoms with E-state index in [0.29, 0.717) is 0 Å². The van der Waals surface area contributed by atoms with E-state index in [1.807, 2.05) is 9.80 Å². The third-order valence-corrected chi connectivity index (χ3v) is 10.00. The van der Waals surface area contributed by atoms with E-state index in [1.165, 1.54) is 65.8 Å². The van der Waals surface area contributed by atoms with Gasteiger partial charge in [-0.15, -0.1) is 0 Å². The highest BCUT2D eigenvalue weighted by Crippen LogP contribution is 2.49. The lowest BCUT2D eigenvalue weighted by Gasteiger charge is -2.45. The van der Waals surface area contributed by atoms with Crippen molar-refractivity contribution >= 4 is 85.8 Å². The summed E-state index contributed by atoms with van der Waals surface area (Å²) in [5, 5.41) is 2.37. The minimum Gasteiger partial charge on any atom is -0.263 e. The van der Waals surface area contributed by atoms with Crippen molar-refractivity contribution in [2.75, 3.05) is 9.80 Å². The van der Waals surface area contributed by atoms with Crippen LogP contribution in [0.25, 0.3) is 33.0 Å². The van der Waals surface area contributed by atoms with Crippen molar-refractivity contribution in [3.63, 3.8) is 0 Å². The van der Waals surface area contributed by atoms with Crippen LogP contribution in [-0.4, -0.2) is 19.5 Å². The average molecular weight is 504 g/mol. The Bertz CT molecular complexity index is 2090. The highest BCUT2D eigenvalue weighted by molar-refractivity contribution is 7.03. The molecule has 0 bridgehead atoms. The predicted molar refractivity (Wildman–Crippen MR) is 167 cm³/mol. The first-order valence-electron chi connectivity index (χ1n) is 14.0. The molecule has 0 fully saturated rings. The number of carbonyl (C=O) groups is 1. The number of rotatable bonds is 0. The lowest BCUT2D eigenvalue weighted by atomic mass is 9.36. The van der Waals surface area contributed by atoms with Crippen LogP contribution in [0, 0.1) is 0 Å². The maximum absolute atomic E-state index is 15.0. The van der Waals surface area contributed by atoms with Crippen LogP contribution >= 0.6 is 0 Å². The van der Waals surface area contributed by atoms with Gasteiger partial charge < -0.3 is 0 Å². The normalized spacial score (nSPS) is 15.3. The molecule has 6 aromatic rings. The lowest BCUT2D eigenvalue weighted by Crippen LogP contribution is -2.62. The number of amides is 2. The summed E-state index contributed by atoms with van der Waals surface area (Å²) in [5.41, 5.74) is 16.8. The SMILES string of the molecule is O=C1N2c3cccc4c3B(c3ccccc3-4)c3ccc4ccc5c(c4c32)N1c1cccc2c1B5c1ccccc1-2. The van der Waals surface area contributed by atoms with E-state index in [4.69, 9.17) is 0 Å². The van der Waals surface area contributed by atoms with Crippen molar-refractivity contribution in [3.05, 3.63) is 109 Å². The third kappa shape index (κ3) is 1.97. The molecule has 0 atom stereocenters. The summed E-state index contributed by atoms with van der Waals surface area (Å²) < 4.78 is 0. The van der Waals surface area contributed by atoms with Crippen LogP contribution in [0.2, 0.25) is 0 Å². The largest absolute Gasteiger partial charge is 0.338 e. The first kappa shape index (κ1) is 20.0. The summed E-state index contributed by atoms with van der Waals surface area (Å²) in [6, 6.07) is 39.5. The Kier molecular flexibility index (Phi) is 3.20. The molecule has 5 heteroatoms. The van der Waals surface area contributed by atoms with Crippen LogP contribution in [0.15, 0.2) is 109 Å². The van der Waals surface area contributed by atoms with Crippen LogP contribution in [0.1, 0.15) is 0 Å². The minimum absolute atomic E-state index is 0.0133. The second-order valence-corrected chi connectivity index (χ2v) is 11.6. The molecule has 5 aliphatic heterocycles. The molecule has 0 unspecified atom stereocenters. The van der Waals surface area contributed by atoms with E-state index >= 15 is 0 Å². The summed E-state index contributed by atoms with van der Waals surface area (Å²) in [4.78, 5) is 19.0. The van der Waals surface area contributed by atoms with Crippen LogP contribution in [-0.2, 0) is 0 Å². The van der Waals surface area contributed by atoms with Crippen molar-refractivity contribution < 1.29 is 4.79 Å². The van der Waals surface area contributed by atoms with E-state index in [2.05, 4.69) is 109 Å². The number of benzene rings is 6.